The van der Waals surface area contributed by atoms with E-state index >= 15 is 0 Å². The minimum atomic E-state index is -4.52. The van der Waals surface area contributed by atoms with Crippen LogP contribution in [0.2, 0.25) is 0 Å². The zero-order valence-electron chi connectivity index (χ0n) is 17.4. The lowest BCUT2D eigenvalue weighted by atomic mass is 10.1. The van der Waals surface area contributed by atoms with E-state index in [1.54, 1.807) is 32.2 Å². The largest absolute Gasteiger partial charge is 0.416 e. The Morgan fingerprint density at radius 3 is 2.19 bits per heavy atom. The average Bonchev–Trinajstić information content (AvgIpc) is 2.72. The van der Waals surface area contributed by atoms with Crippen molar-refractivity contribution in [3.05, 3.63) is 76.7 Å². The Kier molecular flexibility index (Phi) is 6.83. The highest BCUT2D eigenvalue weighted by Gasteiger charge is 2.30. The molecule has 0 spiro atoms. The minimum Gasteiger partial charge on any atom is -0.322 e. The lowest BCUT2D eigenvalue weighted by molar-refractivity contribution is -0.137. The first-order valence-corrected chi connectivity index (χ1v) is 10.6. The molecule has 0 radical (unpaired) electrons. The predicted molar refractivity (Wildman–Crippen MR) is 117 cm³/mol. The molecule has 2 aromatic carbocycles. The molecule has 10 heteroatoms. The molecule has 0 atom stereocenters. The van der Waals surface area contributed by atoms with E-state index in [9.17, 15) is 22.8 Å². The number of anilines is 2. The van der Waals surface area contributed by atoms with E-state index in [4.69, 9.17) is 0 Å². The number of thioether (sulfide) groups is 1. The number of nitrogens with zero attached hydrogens (tertiary/aromatic N) is 2. The van der Waals surface area contributed by atoms with Gasteiger partial charge in [0, 0.05) is 16.9 Å². The molecular weight excluding hydrogens is 441 g/mol. The molecule has 1 heterocycles. The predicted octanol–water partition coefficient (Wildman–Crippen LogP) is 5.34. The summed E-state index contributed by atoms with van der Waals surface area (Å²) in [5.74, 6) is -0.487. The number of amides is 2. The lowest BCUT2D eigenvalue weighted by Crippen LogP contribution is -2.18. The molecule has 0 bridgehead atoms. The Balaban J connectivity index is 1.79. The fourth-order valence-corrected chi connectivity index (χ4v) is 3.67. The maximum atomic E-state index is 12.9. The van der Waals surface area contributed by atoms with Gasteiger partial charge in [-0.05, 0) is 56.5 Å². The minimum absolute atomic E-state index is 0.0105. The summed E-state index contributed by atoms with van der Waals surface area (Å²) in [6.45, 7) is 3.45. The van der Waals surface area contributed by atoms with Gasteiger partial charge < -0.3 is 10.6 Å². The van der Waals surface area contributed by atoms with Gasteiger partial charge in [0.1, 0.15) is 10.9 Å². The Morgan fingerprint density at radius 2 is 1.53 bits per heavy atom. The van der Waals surface area contributed by atoms with Crippen LogP contribution in [0.4, 0.5) is 24.5 Å². The topological polar surface area (TPSA) is 84.0 Å². The quantitative estimate of drug-likeness (QED) is 0.397. The van der Waals surface area contributed by atoms with Crippen LogP contribution in [-0.2, 0) is 6.18 Å². The number of nitrogens with one attached hydrogen (secondary N) is 2. The summed E-state index contributed by atoms with van der Waals surface area (Å²) in [5, 5.41) is 5.70. The SMILES string of the molecule is CSc1nc(C)nc(C)c1C(=O)Nc1cccc(C(=O)Nc2cccc(C(F)(F)F)c2)c1. The molecule has 3 rings (SSSR count). The number of hydrogen-bond acceptors (Lipinski definition) is 5. The number of aromatic nitrogens is 2. The maximum absolute atomic E-state index is 12.9. The van der Waals surface area contributed by atoms with Crippen molar-refractivity contribution in [2.75, 3.05) is 16.9 Å². The molecule has 166 valence electrons. The van der Waals surface area contributed by atoms with E-state index in [1.807, 2.05) is 0 Å². The van der Waals surface area contributed by atoms with Crippen molar-refractivity contribution < 1.29 is 22.8 Å². The first-order chi connectivity index (χ1) is 15.1. The van der Waals surface area contributed by atoms with Crippen molar-refractivity contribution in [2.45, 2.75) is 25.0 Å². The molecule has 0 saturated heterocycles. The van der Waals surface area contributed by atoms with Gasteiger partial charge in [-0.25, -0.2) is 9.97 Å². The molecule has 0 aliphatic carbocycles. The number of halogens is 3. The summed E-state index contributed by atoms with van der Waals surface area (Å²) in [6, 6.07) is 10.4. The number of benzene rings is 2. The molecule has 0 aliphatic rings. The van der Waals surface area contributed by atoms with Gasteiger partial charge in [0.25, 0.3) is 11.8 Å². The molecule has 1 aromatic heterocycles. The van der Waals surface area contributed by atoms with Crippen LogP contribution in [0.5, 0.6) is 0 Å². The molecule has 32 heavy (non-hydrogen) atoms. The Labute approximate surface area is 186 Å². The second kappa shape index (κ2) is 9.39. The van der Waals surface area contributed by atoms with Gasteiger partial charge in [0.05, 0.1) is 16.8 Å². The number of carbonyl (C=O) groups excluding carboxylic acids is 2. The molecule has 0 unspecified atom stereocenters. The van der Waals surface area contributed by atoms with Crippen molar-refractivity contribution >= 4 is 35.0 Å². The van der Waals surface area contributed by atoms with Crippen molar-refractivity contribution in [3.8, 4) is 0 Å². The van der Waals surface area contributed by atoms with Crippen LogP contribution in [0.25, 0.3) is 0 Å². The fraction of sp³-hybridized carbons (Fsp3) is 0.182. The van der Waals surface area contributed by atoms with E-state index in [0.717, 1.165) is 12.1 Å². The average molecular weight is 460 g/mol. The molecule has 6 nitrogen and oxygen atoms in total. The van der Waals surface area contributed by atoms with Crippen LogP contribution in [0.15, 0.2) is 53.6 Å². The van der Waals surface area contributed by atoms with E-state index in [-0.39, 0.29) is 11.3 Å². The smallest absolute Gasteiger partial charge is 0.322 e. The number of rotatable bonds is 5. The summed E-state index contributed by atoms with van der Waals surface area (Å²) in [5.41, 5.74) is 0.522. The second-order valence-electron chi connectivity index (χ2n) is 6.81. The molecule has 2 amide bonds. The zero-order chi connectivity index (χ0) is 23.5. The highest BCUT2D eigenvalue weighted by atomic mass is 32.2. The van der Waals surface area contributed by atoms with Gasteiger partial charge in [-0.2, -0.15) is 13.2 Å². The maximum Gasteiger partial charge on any atom is 0.416 e. The third-order valence-electron chi connectivity index (χ3n) is 4.42. The molecular formula is C22H19F3N4O2S. The third kappa shape index (κ3) is 5.44. The highest BCUT2D eigenvalue weighted by Crippen LogP contribution is 2.31. The molecule has 0 aliphatic heterocycles. The fourth-order valence-electron chi connectivity index (χ4n) is 3.00. The van der Waals surface area contributed by atoms with Crippen molar-refractivity contribution in [2.24, 2.45) is 0 Å². The van der Waals surface area contributed by atoms with Crippen molar-refractivity contribution in [1.29, 1.82) is 0 Å². The van der Waals surface area contributed by atoms with Crippen molar-refractivity contribution in [3.63, 3.8) is 0 Å². The number of alkyl halides is 3. The van der Waals surface area contributed by atoms with Gasteiger partial charge in [0.15, 0.2) is 0 Å². The first kappa shape index (κ1) is 23.3. The summed E-state index contributed by atoms with van der Waals surface area (Å²) < 4.78 is 38.7. The van der Waals surface area contributed by atoms with Gasteiger partial charge in [0.2, 0.25) is 0 Å². The highest BCUT2D eigenvalue weighted by molar-refractivity contribution is 7.98. The third-order valence-corrected chi connectivity index (χ3v) is 5.10. The van der Waals surface area contributed by atoms with Gasteiger partial charge in [-0.1, -0.05) is 12.1 Å². The second-order valence-corrected chi connectivity index (χ2v) is 7.60. The zero-order valence-corrected chi connectivity index (χ0v) is 18.2. The van der Waals surface area contributed by atoms with E-state index < -0.39 is 23.6 Å². The molecule has 2 N–H and O–H groups in total. The normalized spacial score (nSPS) is 11.2. The number of carbonyl (C=O) groups is 2. The first-order valence-electron chi connectivity index (χ1n) is 9.37. The Hall–Kier alpha value is -3.40. The summed E-state index contributed by atoms with van der Waals surface area (Å²) in [4.78, 5) is 33.9. The van der Waals surface area contributed by atoms with E-state index in [2.05, 4.69) is 20.6 Å². The van der Waals surface area contributed by atoms with Crippen LogP contribution in [0.1, 0.15) is 37.8 Å². The van der Waals surface area contributed by atoms with Crippen LogP contribution in [0.3, 0.4) is 0 Å². The molecule has 3 aromatic rings. The monoisotopic (exact) mass is 460 g/mol. The van der Waals surface area contributed by atoms with E-state index in [1.165, 1.54) is 36.0 Å². The summed E-state index contributed by atoms with van der Waals surface area (Å²) >= 11 is 1.32. The standard InChI is InChI=1S/C22H19F3N4O2S/c1-12-18(21(32-3)27-13(2)26-12)20(31)29-16-8-4-6-14(10-16)19(30)28-17-9-5-7-15(11-17)22(23,24)25/h4-11H,1-3H3,(H,28,30)(H,29,31). The van der Waals surface area contributed by atoms with Crippen LogP contribution >= 0.6 is 11.8 Å². The Bertz CT molecular complexity index is 1180. The van der Waals surface area contributed by atoms with Crippen LogP contribution in [-0.4, -0.2) is 28.0 Å². The lowest BCUT2D eigenvalue weighted by Gasteiger charge is -2.12. The summed E-state index contributed by atoms with van der Waals surface area (Å²) in [6.07, 6.45) is -2.71. The Morgan fingerprint density at radius 1 is 0.906 bits per heavy atom. The number of aryl methyl sites for hydroxylation is 2. The molecule has 0 saturated carbocycles. The van der Waals surface area contributed by atoms with Gasteiger partial charge in [-0.15, -0.1) is 11.8 Å². The van der Waals surface area contributed by atoms with Gasteiger partial charge >= 0.3 is 6.18 Å². The van der Waals surface area contributed by atoms with Gasteiger partial charge in [-0.3, -0.25) is 9.59 Å². The molecule has 0 fully saturated rings. The van der Waals surface area contributed by atoms with Crippen LogP contribution < -0.4 is 10.6 Å². The van der Waals surface area contributed by atoms with E-state index in [0.29, 0.717) is 27.8 Å². The van der Waals surface area contributed by atoms with Crippen LogP contribution in [0, 0.1) is 13.8 Å². The number of hydrogen-bond donors (Lipinski definition) is 2. The van der Waals surface area contributed by atoms with Crippen molar-refractivity contribution in [1.82, 2.24) is 9.97 Å². The summed E-state index contributed by atoms with van der Waals surface area (Å²) in [7, 11) is 0.